The first kappa shape index (κ1) is 17.5. The lowest BCUT2D eigenvalue weighted by Gasteiger charge is -2.30. The Morgan fingerprint density at radius 1 is 1.11 bits per heavy atom. The molecule has 1 aromatic carbocycles. The predicted octanol–water partition coefficient (Wildman–Crippen LogP) is 2.60. The maximum atomic E-state index is 12.9. The van der Waals surface area contributed by atoms with Gasteiger partial charge in [0.2, 0.25) is 5.91 Å². The first-order valence-corrected chi connectivity index (χ1v) is 9.43. The van der Waals surface area contributed by atoms with Crippen LogP contribution in [0.3, 0.4) is 0 Å². The van der Waals surface area contributed by atoms with E-state index in [1.165, 1.54) is 10.5 Å². The number of anilines is 1. The zero-order chi connectivity index (χ0) is 18.6. The summed E-state index contributed by atoms with van der Waals surface area (Å²) < 4.78 is 5.40. The van der Waals surface area contributed by atoms with Gasteiger partial charge in [-0.05, 0) is 42.9 Å². The van der Waals surface area contributed by atoms with Crippen LogP contribution in [0.2, 0.25) is 0 Å². The Balaban J connectivity index is 1.42. The monoisotopic (exact) mass is 365 g/mol. The van der Waals surface area contributed by atoms with E-state index in [4.69, 9.17) is 4.74 Å². The highest BCUT2D eigenvalue weighted by molar-refractivity contribution is 6.01. The highest BCUT2D eigenvalue weighted by Gasteiger charge is 2.30. The van der Waals surface area contributed by atoms with Crippen molar-refractivity contribution in [1.29, 1.82) is 0 Å². The zero-order valence-corrected chi connectivity index (χ0v) is 15.2. The molecule has 1 atom stereocenters. The Labute approximate surface area is 158 Å². The van der Waals surface area contributed by atoms with Crippen LogP contribution in [0.15, 0.2) is 48.7 Å². The van der Waals surface area contributed by atoms with Gasteiger partial charge in [-0.1, -0.05) is 30.3 Å². The SMILES string of the molecule is O=C(CN1C(=O)COc2cccnc21)N1CCC[C@H](c2ccccc2)CC1. The highest BCUT2D eigenvalue weighted by atomic mass is 16.5. The molecule has 2 aromatic rings. The van der Waals surface area contributed by atoms with E-state index in [2.05, 4.69) is 29.2 Å². The van der Waals surface area contributed by atoms with Gasteiger partial charge in [0.1, 0.15) is 6.54 Å². The second kappa shape index (κ2) is 7.78. The molecule has 1 saturated heterocycles. The largest absolute Gasteiger partial charge is 0.480 e. The summed E-state index contributed by atoms with van der Waals surface area (Å²) in [5.74, 6) is 1.20. The third-order valence-corrected chi connectivity index (χ3v) is 5.30. The van der Waals surface area contributed by atoms with Crippen LogP contribution >= 0.6 is 0 Å². The number of ether oxygens (including phenoxy) is 1. The van der Waals surface area contributed by atoms with E-state index in [1.807, 2.05) is 11.0 Å². The summed E-state index contributed by atoms with van der Waals surface area (Å²) in [6.07, 6.45) is 4.60. The minimum atomic E-state index is -0.230. The Morgan fingerprint density at radius 3 is 2.81 bits per heavy atom. The lowest BCUT2D eigenvalue weighted by molar-refractivity contribution is -0.132. The summed E-state index contributed by atoms with van der Waals surface area (Å²) in [5, 5.41) is 0. The third kappa shape index (κ3) is 3.79. The average Bonchev–Trinajstić information content (AvgIpc) is 2.97. The molecule has 1 fully saturated rings. The molecule has 27 heavy (non-hydrogen) atoms. The second-order valence-electron chi connectivity index (χ2n) is 7.01. The van der Waals surface area contributed by atoms with Crippen molar-refractivity contribution in [3.05, 3.63) is 54.2 Å². The fourth-order valence-electron chi connectivity index (χ4n) is 3.84. The van der Waals surface area contributed by atoms with E-state index < -0.39 is 0 Å². The van der Waals surface area contributed by atoms with Crippen LogP contribution in [0, 0.1) is 0 Å². The molecule has 6 nitrogen and oxygen atoms in total. The smallest absolute Gasteiger partial charge is 0.266 e. The number of fused-ring (bicyclic) bond motifs is 1. The zero-order valence-electron chi connectivity index (χ0n) is 15.2. The van der Waals surface area contributed by atoms with Gasteiger partial charge in [0.15, 0.2) is 18.2 Å². The molecule has 1 aromatic heterocycles. The molecule has 0 N–H and O–H groups in total. The van der Waals surface area contributed by atoms with Gasteiger partial charge in [-0.3, -0.25) is 14.5 Å². The lowest BCUT2D eigenvalue weighted by Crippen LogP contribution is -2.47. The number of benzene rings is 1. The number of hydrogen-bond donors (Lipinski definition) is 0. The Hall–Kier alpha value is -2.89. The van der Waals surface area contributed by atoms with Crippen molar-refractivity contribution in [3.63, 3.8) is 0 Å². The van der Waals surface area contributed by atoms with Crippen LogP contribution in [0.1, 0.15) is 30.7 Å². The van der Waals surface area contributed by atoms with Crippen LogP contribution in [-0.2, 0) is 9.59 Å². The fourth-order valence-corrected chi connectivity index (χ4v) is 3.84. The molecule has 0 aliphatic carbocycles. The number of likely N-dealkylation sites (tertiary alicyclic amines) is 1. The Kier molecular flexibility index (Phi) is 5.05. The molecule has 0 unspecified atom stereocenters. The minimum absolute atomic E-state index is 0.0161. The van der Waals surface area contributed by atoms with Gasteiger partial charge < -0.3 is 9.64 Å². The van der Waals surface area contributed by atoms with Crippen molar-refractivity contribution in [2.24, 2.45) is 0 Å². The molecular weight excluding hydrogens is 342 g/mol. The molecule has 0 spiro atoms. The van der Waals surface area contributed by atoms with E-state index in [0.29, 0.717) is 24.0 Å². The fraction of sp³-hybridized carbons (Fsp3) is 0.381. The molecule has 2 aliphatic heterocycles. The molecule has 3 heterocycles. The van der Waals surface area contributed by atoms with Crippen LogP contribution in [0.4, 0.5) is 5.82 Å². The van der Waals surface area contributed by atoms with Crippen LogP contribution in [0.25, 0.3) is 0 Å². The van der Waals surface area contributed by atoms with Gasteiger partial charge in [-0.15, -0.1) is 0 Å². The van der Waals surface area contributed by atoms with Crippen molar-refractivity contribution in [2.45, 2.75) is 25.2 Å². The number of carbonyl (C=O) groups is 2. The number of rotatable bonds is 3. The number of amides is 2. The molecule has 6 heteroatoms. The van der Waals surface area contributed by atoms with E-state index in [1.54, 1.807) is 18.3 Å². The van der Waals surface area contributed by atoms with Crippen molar-refractivity contribution in [3.8, 4) is 5.75 Å². The first-order valence-electron chi connectivity index (χ1n) is 9.43. The van der Waals surface area contributed by atoms with Crippen molar-refractivity contribution in [2.75, 3.05) is 31.1 Å². The molecule has 0 radical (unpaired) electrons. The highest BCUT2D eigenvalue weighted by Crippen LogP contribution is 2.30. The number of pyridine rings is 1. The normalized spacial score (nSPS) is 19.9. The van der Waals surface area contributed by atoms with Gasteiger partial charge in [-0.2, -0.15) is 0 Å². The van der Waals surface area contributed by atoms with E-state index in [-0.39, 0.29) is 25.0 Å². The van der Waals surface area contributed by atoms with E-state index in [0.717, 1.165) is 25.8 Å². The van der Waals surface area contributed by atoms with Gasteiger partial charge in [0.05, 0.1) is 0 Å². The second-order valence-corrected chi connectivity index (χ2v) is 7.01. The number of nitrogens with zero attached hydrogens (tertiary/aromatic N) is 3. The Bertz CT molecular complexity index is 824. The molecule has 4 rings (SSSR count). The van der Waals surface area contributed by atoms with Gasteiger partial charge in [0.25, 0.3) is 5.91 Å². The summed E-state index contributed by atoms with van der Waals surface area (Å²) >= 11 is 0. The van der Waals surface area contributed by atoms with Gasteiger partial charge in [0, 0.05) is 19.3 Å². The van der Waals surface area contributed by atoms with Gasteiger partial charge >= 0.3 is 0 Å². The van der Waals surface area contributed by atoms with Crippen molar-refractivity contribution in [1.82, 2.24) is 9.88 Å². The Morgan fingerprint density at radius 2 is 1.96 bits per heavy atom. The summed E-state index contributed by atoms with van der Waals surface area (Å²) in [5.41, 5.74) is 1.34. The molecule has 140 valence electrons. The van der Waals surface area contributed by atoms with Crippen LogP contribution < -0.4 is 9.64 Å². The van der Waals surface area contributed by atoms with Gasteiger partial charge in [-0.25, -0.2) is 4.98 Å². The quantitative estimate of drug-likeness (QED) is 0.839. The first-order chi connectivity index (χ1) is 13.2. The molecule has 0 bridgehead atoms. The predicted molar refractivity (Wildman–Crippen MR) is 102 cm³/mol. The molecular formula is C21H23N3O3. The summed E-state index contributed by atoms with van der Waals surface area (Å²) in [7, 11) is 0. The summed E-state index contributed by atoms with van der Waals surface area (Å²) in [4.78, 5) is 32.7. The van der Waals surface area contributed by atoms with Crippen molar-refractivity contribution >= 4 is 17.6 Å². The summed E-state index contributed by atoms with van der Waals surface area (Å²) in [6, 6.07) is 14.0. The number of aromatic nitrogens is 1. The topological polar surface area (TPSA) is 62.7 Å². The average molecular weight is 365 g/mol. The minimum Gasteiger partial charge on any atom is -0.480 e. The molecule has 0 saturated carbocycles. The van der Waals surface area contributed by atoms with E-state index >= 15 is 0 Å². The number of carbonyl (C=O) groups excluding carboxylic acids is 2. The van der Waals surface area contributed by atoms with E-state index in [9.17, 15) is 9.59 Å². The lowest BCUT2D eigenvalue weighted by atomic mass is 9.92. The number of hydrogen-bond acceptors (Lipinski definition) is 4. The molecule has 2 amide bonds. The van der Waals surface area contributed by atoms with Crippen LogP contribution in [-0.4, -0.2) is 47.9 Å². The summed E-state index contributed by atoms with van der Waals surface area (Å²) in [6.45, 7) is 1.41. The third-order valence-electron chi connectivity index (χ3n) is 5.30. The maximum Gasteiger partial charge on any atom is 0.266 e. The molecule has 2 aliphatic rings. The van der Waals surface area contributed by atoms with Crippen molar-refractivity contribution < 1.29 is 14.3 Å². The standard InChI is InChI=1S/C21H23N3O3/c25-19(14-24-20(26)15-27-18-9-4-11-22-21(18)24)23-12-5-8-17(10-13-23)16-6-2-1-3-7-16/h1-4,6-7,9,11,17H,5,8,10,12-15H2/t17-/m0/s1. The maximum absolute atomic E-state index is 12.9. The van der Waals surface area contributed by atoms with Crippen LogP contribution in [0.5, 0.6) is 5.75 Å².